The Bertz CT molecular complexity index is 917. The van der Waals surface area contributed by atoms with E-state index in [1.165, 1.54) is 11.3 Å². The van der Waals surface area contributed by atoms with Crippen LogP contribution in [0.2, 0.25) is 0 Å². The molecule has 8 heteroatoms. The summed E-state index contributed by atoms with van der Waals surface area (Å²) in [6.07, 6.45) is 4.38. The highest BCUT2D eigenvalue weighted by atomic mass is 32.1. The van der Waals surface area contributed by atoms with Crippen LogP contribution < -0.4 is 15.6 Å². The maximum absolute atomic E-state index is 12.4. The summed E-state index contributed by atoms with van der Waals surface area (Å²) in [5.74, 6) is -0.385. The van der Waals surface area contributed by atoms with Crippen molar-refractivity contribution in [1.29, 1.82) is 0 Å². The number of anilines is 2. The van der Waals surface area contributed by atoms with Gasteiger partial charge in [-0.2, -0.15) is 5.10 Å². The number of thiophene rings is 1. The van der Waals surface area contributed by atoms with E-state index in [0.717, 1.165) is 54.0 Å². The molecule has 0 bridgehead atoms. The topological polar surface area (TPSA) is 83.0 Å². The number of amides is 2. The van der Waals surface area contributed by atoms with Crippen LogP contribution in [0.3, 0.4) is 0 Å². The molecule has 0 atom stereocenters. The lowest BCUT2D eigenvalue weighted by Gasteiger charge is -2.20. The first-order valence-electron chi connectivity index (χ1n) is 10.3. The molecule has 3 rings (SSSR count). The third kappa shape index (κ3) is 4.99. The first-order chi connectivity index (χ1) is 14.6. The third-order valence-electron chi connectivity index (χ3n) is 5.03. The normalized spacial score (nSPS) is 12.6. The van der Waals surface area contributed by atoms with Crippen molar-refractivity contribution >= 4 is 40.2 Å². The lowest BCUT2D eigenvalue weighted by molar-refractivity contribution is 0.0527. The molecule has 0 radical (unpaired) electrons. The van der Waals surface area contributed by atoms with Crippen LogP contribution in [-0.4, -0.2) is 37.9 Å². The Morgan fingerprint density at radius 2 is 1.90 bits per heavy atom. The van der Waals surface area contributed by atoms with E-state index < -0.39 is 6.03 Å². The van der Waals surface area contributed by atoms with Gasteiger partial charge in [-0.15, -0.1) is 11.3 Å². The molecule has 2 amide bonds. The molecule has 1 aliphatic rings. The highest BCUT2D eigenvalue weighted by Crippen LogP contribution is 2.39. The van der Waals surface area contributed by atoms with Crippen LogP contribution >= 0.6 is 11.3 Å². The Morgan fingerprint density at radius 1 is 1.17 bits per heavy atom. The smallest absolute Gasteiger partial charge is 0.341 e. The maximum Gasteiger partial charge on any atom is 0.341 e. The zero-order valence-corrected chi connectivity index (χ0v) is 18.5. The van der Waals surface area contributed by atoms with Crippen LogP contribution in [0.25, 0.3) is 0 Å². The van der Waals surface area contributed by atoms with E-state index >= 15 is 0 Å². The Hall–Kier alpha value is -2.87. The molecule has 30 heavy (non-hydrogen) atoms. The van der Waals surface area contributed by atoms with Gasteiger partial charge in [-0.05, 0) is 63.3 Å². The molecule has 1 aromatic heterocycles. The number of hydrogen-bond acceptors (Lipinski definition) is 6. The van der Waals surface area contributed by atoms with Gasteiger partial charge in [-0.1, -0.05) is 12.1 Å². The molecular formula is C22H28N4O3S. The van der Waals surface area contributed by atoms with E-state index in [-0.39, 0.29) is 5.97 Å². The molecule has 7 nitrogen and oxygen atoms in total. The summed E-state index contributed by atoms with van der Waals surface area (Å²) >= 11 is 1.44. The summed E-state index contributed by atoms with van der Waals surface area (Å²) in [6, 6.07) is 7.50. The second-order valence-electron chi connectivity index (χ2n) is 6.87. The van der Waals surface area contributed by atoms with Gasteiger partial charge < -0.3 is 9.64 Å². The molecule has 160 valence electrons. The zero-order chi connectivity index (χ0) is 21.5. The van der Waals surface area contributed by atoms with Gasteiger partial charge in [0.05, 0.1) is 18.4 Å². The fourth-order valence-electron chi connectivity index (χ4n) is 3.57. The number of esters is 1. The van der Waals surface area contributed by atoms with Gasteiger partial charge in [0.1, 0.15) is 5.00 Å². The number of ether oxygens (including phenoxy) is 1. The van der Waals surface area contributed by atoms with E-state index in [2.05, 4.69) is 34.6 Å². The van der Waals surface area contributed by atoms with Gasteiger partial charge in [0.15, 0.2) is 0 Å². The SMILES string of the molecule is CCOC(=O)c1c(NC(=O)N/N=C/c2ccc(N(CC)CC)cc2)sc2c1CCC2. The van der Waals surface area contributed by atoms with Crippen molar-refractivity contribution in [3.8, 4) is 0 Å². The number of rotatable bonds is 8. The summed E-state index contributed by atoms with van der Waals surface area (Å²) in [5.41, 5.74) is 5.99. The van der Waals surface area contributed by atoms with E-state index in [9.17, 15) is 9.59 Å². The minimum absolute atomic E-state index is 0.298. The van der Waals surface area contributed by atoms with Crippen molar-refractivity contribution in [1.82, 2.24) is 5.43 Å². The lowest BCUT2D eigenvalue weighted by Crippen LogP contribution is -2.25. The average Bonchev–Trinajstić information content (AvgIpc) is 3.31. The summed E-state index contributed by atoms with van der Waals surface area (Å²) in [7, 11) is 0. The second kappa shape index (κ2) is 10.2. The van der Waals surface area contributed by atoms with Crippen molar-refractivity contribution in [2.24, 2.45) is 5.10 Å². The van der Waals surface area contributed by atoms with Gasteiger partial charge in [-0.3, -0.25) is 5.32 Å². The minimum Gasteiger partial charge on any atom is -0.462 e. The number of aryl methyl sites for hydroxylation is 1. The standard InChI is InChI=1S/C22H28N4O3S/c1-4-26(5-2)16-12-10-15(11-13-16)14-23-25-22(28)24-20-19(21(27)29-6-3)17-8-7-9-18(17)30-20/h10-14H,4-9H2,1-3H3,(H2,24,25,28)/b23-14+. The molecule has 1 heterocycles. The van der Waals surface area contributed by atoms with Gasteiger partial charge in [-0.25, -0.2) is 15.0 Å². The van der Waals surface area contributed by atoms with Crippen molar-refractivity contribution in [3.63, 3.8) is 0 Å². The van der Waals surface area contributed by atoms with Gasteiger partial charge in [0.2, 0.25) is 0 Å². The molecule has 1 aliphatic carbocycles. The van der Waals surface area contributed by atoms with Crippen LogP contribution in [0.5, 0.6) is 0 Å². The molecule has 2 aromatic rings. The minimum atomic E-state index is -0.489. The second-order valence-corrected chi connectivity index (χ2v) is 7.98. The van der Waals surface area contributed by atoms with E-state index in [1.807, 2.05) is 24.3 Å². The highest BCUT2D eigenvalue weighted by Gasteiger charge is 2.28. The van der Waals surface area contributed by atoms with Crippen LogP contribution in [-0.2, 0) is 17.6 Å². The Labute approximate surface area is 181 Å². The summed E-state index contributed by atoms with van der Waals surface area (Å²) in [6.45, 7) is 8.21. The zero-order valence-electron chi connectivity index (χ0n) is 17.7. The van der Waals surface area contributed by atoms with Crippen molar-refractivity contribution in [3.05, 3.63) is 45.8 Å². The van der Waals surface area contributed by atoms with Gasteiger partial charge in [0, 0.05) is 23.7 Å². The van der Waals surface area contributed by atoms with E-state index in [1.54, 1.807) is 13.1 Å². The van der Waals surface area contributed by atoms with Gasteiger partial charge >= 0.3 is 12.0 Å². The number of carbonyl (C=O) groups is 2. The van der Waals surface area contributed by atoms with E-state index in [4.69, 9.17) is 4.74 Å². The van der Waals surface area contributed by atoms with Crippen LogP contribution in [0.1, 0.15) is 53.6 Å². The molecule has 2 N–H and O–H groups in total. The highest BCUT2D eigenvalue weighted by molar-refractivity contribution is 7.17. The fraction of sp³-hybridized carbons (Fsp3) is 0.409. The Morgan fingerprint density at radius 3 is 2.57 bits per heavy atom. The monoisotopic (exact) mass is 428 g/mol. The largest absolute Gasteiger partial charge is 0.462 e. The van der Waals surface area contributed by atoms with E-state index in [0.29, 0.717) is 17.2 Å². The molecule has 0 unspecified atom stereocenters. The molecule has 0 saturated heterocycles. The number of hydrazone groups is 1. The molecule has 0 saturated carbocycles. The summed E-state index contributed by atoms with van der Waals surface area (Å²) in [4.78, 5) is 28.1. The van der Waals surface area contributed by atoms with Gasteiger partial charge in [0.25, 0.3) is 0 Å². The number of benzene rings is 1. The first-order valence-corrected chi connectivity index (χ1v) is 11.2. The summed E-state index contributed by atoms with van der Waals surface area (Å²) < 4.78 is 5.18. The number of nitrogens with one attached hydrogen (secondary N) is 2. The van der Waals surface area contributed by atoms with Crippen LogP contribution in [0.15, 0.2) is 29.4 Å². The number of nitrogens with zero attached hydrogens (tertiary/aromatic N) is 2. The van der Waals surface area contributed by atoms with Crippen molar-refractivity contribution in [2.45, 2.75) is 40.0 Å². The van der Waals surface area contributed by atoms with Crippen LogP contribution in [0, 0.1) is 0 Å². The first kappa shape index (κ1) is 21.8. The number of carbonyl (C=O) groups excluding carboxylic acids is 2. The van der Waals surface area contributed by atoms with Crippen molar-refractivity contribution in [2.75, 3.05) is 29.9 Å². The predicted octanol–water partition coefficient (Wildman–Crippen LogP) is 4.42. The van der Waals surface area contributed by atoms with Crippen molar-refractivity contribution < 1.29 is 14.3 Å². The lowest BCUT2D eigenvalue weighted by atomic mass is 10.1. The predicted molar refractivity (Wildman–Crippen MR) is 122 cm³/mol. The van der Waals surface area contributed by atoms with Crippen LogP contribution in [0.4, 0.5) is 15.5 Å². The number of urea groups is 1. The molecule has 0 spiro atoms. The maximum atomic E-state index is 12.4. The summed E-state index contributed by atoms with van der Waals surface area (Å²) in [5, 5.41) is 7.29. The molecular weight excluding hydrogens is 400 g/mol. The molecule has 0 fully saturated rings. The third-order valence-corrected chi connectivity index (χ3v) is 6.24. The molecule has 0 aliphatic heterocycles. The number of fused-ring (bicyclic) bond motifs is 1. The Kier molecular flexibility index (Phi) is 7.46. The fourth-order valence-corrected chi connectivity index (χ4v) is 4.84. The quantitative estimate of drug-likeness (QED) is 0.370. The number of hydrogen-bond donors (Lipinski definition) is 2. The Balaban J connectivity index is 1.62. The molecule has 1 aromatic carbocycles. The average molecular weight is 429 g/mol.